The van der Waals surface area contributed by atoms with Crippen molar-refractivity contribution in [3.05, 3.63) is 33.8 Å². The minimum absolute atomic E-state index is 0.0507. The first kappa shape index (κ1) is 23.1. The Kier molecular flexibility index (Phi) is 7.08. The molecule has 0 aromatic carbocycles. The van der Waals surface area contributed by atoms with E-state index in [1.54, 1.807) is 28.8 Å². The Bertz CT molecular complexity index is 1210. The Hall–Kier alpha value is -2.08. The number of fused-ring (bicyclic) bond motifs is 3. The topological polar surface area (TPSA) is 115 Å². The van der Waals surface area contributed by atoms with Gasteiger partial charge in [0, 0.05) is 24.9 Å². The maximum absolute atomic E-state index is 12.4. The average Bonchev–Trinajstić information content (AvgIpc) is 3.36. The molecular weight excluding hydrogens is 468 g/mol. The zero-order chi connectivity index (χ0) is 22.7. The number of sulfonamides is 1. The van der Waals surface area contributed by atoms with Gasteiger partial charge in [-0.1, -0.05) is 12.5 Å². The smallest absolute Gasteiger partial charge is 0.306 e. The molecule has 0 bridgehead atoms. The van der Waals surface area contributed by atoms with Gasteiger partial charge in [-0.3, -0.25) is 4.79 Å². The van der Waals surface area contributed by atoms with Crippen LogP contribution in [0.4, 0.5) is 5.82 Å². The van der Waals surface area contributed by atoms with Gasteiger partial charge in [-0.05, 0) is 49.1 Å². The highest BCUT2D eigenvalue weighted by Crippen LogP contribution is 2.37. The number of ether oxygens (including phenoxy) is 1. The summed E-state index contributed by atoms with van der Waals surface area (Å²) in [6.45, 7) is 0.177. The van der Waals surface area contributed by atoms with Gasteiger partial charge < -0.3 is 10.5 Å². The maximum atomic E-state index is 12.4. The molecule has 2 N–H and O–H groups in total. The largest absolute Gasteiger partial charge is 0.457 e. The zero-order valence-electron chi connectivity index (χ0n) is 17.9. The first-order chi connectivity index (χ1) is 15.4. The Balaban J connectivity index is 1.31. The van der Waals surface area contributed by atoms with Crippen LogP contribution in [-0.2, 0) is 39.0 Å². The van der Waals surface area contributed by atoms with Gasteiger partial charge in [0.15, 0.2) is 12.4 Å². The highest BCUT2D eigenvalue weighted by Gasteiger charge is 2.22. The standard InChI is InChI=1S/C21H26N4O4S3/c1-25(32(27,28)18-10-6-12-30-18)11-5-9-17(26)29-13-16-23-20(22)19-14-7-3-2-4-8-15(14)31-21(19)24-16/h6,10,12H,2-5,7-9,11,13H2,1H3,(H2,22,23,24). The number of anilines is 1. The molecule has 0 aliphatic heterocycles. The van der Waals surface area contributed by atoms with Crippen LogP contribution < -0.4 is 5.73 Å². The quantitative estimate of drug-likeness (QED) is 0.374. The zero-order valence-corrected chi connectivity index (χ0v) is 20.3. The number of carbonyl (C=O) groups excluding carboxylic acids is 1. The molecule has 1 aliphatic rings. The fourth-order valence-electron chi connectivity index (χ4n) is 3.82. The molecule has 0 atom stereocenters. The number of hydrogen-bond acceptors (Lipinski definition) is 9. The normalized spacial score (nSPS) is 14.4. The monoisotopic (exact) mass is 494 g/mol. The minimum atomic E-state index is -3.51. The number of aryl methyl sites for hydroxylation is 2. The van der Waals surface area contributed by atoms with E-state index < -0.39 is 16.0 Å². The molecule has 32 heavy (non-hydrogen) atoms. The first-order valence-corrected chi connectivity index (χ1v) is 13.7. The van der Waals surface area contributed by atoms with Gasteiger partial charge in [0.1, 0.15) is 14.9 Å². The predicted octanol–water partition coefficient (Wildman–Crippen LogP) is 3.75. The van der Waals surface area contributed by atoms with E-state index in [2.05, 4.69) is 9.97 Å². The summed E-state index contributed by atoms with van der Waals surface area (Å²) in [5, 5.41) is 2.67. The molecule has 3 aromatic rings. The Morgan fingerprint density at radius 3 is 2.84 bits per heavy atom. The summed E-state index contributed by atoms with van der Waals surface area (Å²) in [6, 6.07) is 3.26. The van der Waals surface area contributed by atoms with Crippen molar-refractivity contribution in [2.24, 2.45) is 0 Å². The molecule has 0 unspecified atom stereocenters. The van der Waals surface area contributed by atoms with Crippen LogP contribution in [-0.4, -0.2) is 42.3 Å². The number of carbonyl (C=O) groups is 1. The Morgan fingerprint density at radius 1 is 1.25 bits per heavy atom. The van der Waals surface area contributed by atoms with Crippen LogP contribution in [0.1, 0.15) is 48.4 Å². The van der Waals surface area contributed by atoms with Gasteiger partial charge in [0.05, 0.1) is 5.39 Å². The molecule has 0 fully saturated rings. The van der Waals surface area contributed by atoms with Gasteiger partial charge in [-0.2, -0.15) is 0 Å². The molecule has 8 nitrogen and oxygen atoms in total. The van der Waals surface area contributed by atoms with Crippen molar-refractivity contribution in [1.82, 2.24) is 14.3 Å². The van der Waals surface area contributed by atoms with Gasteiger partial charge in [0.2, 0.25) is 0 Å². The number of nitrogen functional groups attached to an aromatic ring is 1. The lowest BCUT2D eigenvalue weighted by atomic mass is 10.1. The maximum Gasteiger partial charge on any atom is 0.306 e. The third kappa shape index (κ3) is 4.95. The average molecular weight is 495 g/mol. The second kappa shape index (κ2) is 9.82. The van der Waals surface area contributed by atoms with E-state index in [1.807, 2.05) is 0 Å². The van der Waals surface area contributed by atoms with Crippen molar-refractivity contribution in [2.75, 3.05) is 19.3 Å². The van der Waals surface area contributed by atoms with E-state index in [0.29, 0.717) is 22.3 Å². The van der Waals surface area contributed by atoms with E-state index in [-0.39, 0.29) is 19.6 Å². The van der Waals surface area contributed by atoms with Crippen LogP contribution >= 0.6 is 22.7 Å². The fraction of sp³-hybridized carbons (Fsp3) is 0.476. The second-order valence-corrected chi connectivity index (χ2v) is 12.1. The van der Waals surface area contributed by atoms with Gasteiger partial charge in [-0.25, -0.2) is 22.7 Å². The molecular formula is C21H26N4O4S3. The first-order valence-electron chi connectivity index (χ1n) is 10.6. The van der Waals surface area contributed by atoms with Crippen LogP contribution in [0, 0.1) is 0 Å². The van der Waals surface area contributed by atoms with Crippen LogP contribution in [0.3, 0.4) is 0 Å². The fourth-order valence-corrected chi connectivity index (χ4v) is 7.52. The van der Waals surface area contributed by atoms with Gasteiger partial charge in [0.25, 0.3) is 10.0 Å². The van der Waals surface area contributed by atoms with Crippen molar-refractivity contribution < 1.29 is 17.9 Å². The molecule has 4 rings (SSSR count). The number of nitrogens with two attached hydrogens (primary N) is 1. The molecule has 3 heterocycles. The van der Waals surface area contributed by atoms with Crippen LogP contribution in [0.5, 0.6) is 0 Å². The van der Waals surface area contributed by atoms with Crippen molar-refractivity contribution in [3.63, 3.8) is 0 Å². The Labute approximate surface area is 195 Å². The van der Waals surface area contributed by atoms with Crippen LogP contribution in [0.2, 0.25) is 0 Å². The molecule has 0 saturated heterocycles. The number of thiophene rings is 2. The van der Waals surface area contributed by atoms with E-state index in [4.69, 9.17) is 10.5 Å². The highest BCUT2D eigenvalue weighted by molar-refractivity contribution is 7.91. The summed E-state index contributed by atoms with van der Waals surface area (Å²) < 4.78 is 31.7. The molecule has 0 amide bonds. The molecule has 0 radical (unpaired) electrons. The summed E-state index contributed by atoms with van der Waals surface area (Å²) in [7, 11) is -2.00. The van der Waals surface area contributed by atoms with E-state index in [1.165, 1.54) is 46.0 Å². The summed E-state index contributed by atoms with van der Waals surface area (Å²) in [4.78, 5) is 23.3. The third-order valence-corrected chi connectivity index (χ3v) is 9.93. The predicted molar refractivity (Wildman–Crippen MR) is 126 cm³/mol. The number of hydrogen-bond donors (Lipinski definition) is 1. The van der Waals surface area contributed by atoms with Gasteiger partial charge >= 0.3 is 5.97 Å². The Morgan fingerprint density at radius 2 is 2.06 bits per heavy atom. The molecule has 0 saturated carbocycles. The third-order valence-electron chi connectivity index (χ3n) is 5.51. The lowest BCUT2D eigenvalue weighted by Crippen LogP contribution is -2.27. The molecule has 172 valence electrons. The molecule has 11 heteroatoms. The number of aromatic nitrogens is 2. The molecule has 1 aliphatic carbocycles. The lowest BCUT2D eigenvalue weighted by Gasteiger charge is -2.15. The molecule has 3 aromatic heterocycles. The number of nitrogens with zero attached hydrogens (tertiary/aromatic N) is 3. The van der Waals surface area contributed by atoms with Gasteiger partial charge in [-0.15, -0.1) is 22.7 Å². The summed E-state index contributed by atoms with van der Waals surface area (Å²) in [5.74, 6) is 0.411. The van der Waals surface area contributed by atoms with Crippen LogP contribution in [0.15, 0.2) is 21.7 Å². The number of esters is 1. The van der Waals surface area contributed by atoms with E-state index >= 15 is 0 Å². The SMILES string of the molecule is CN(CCCC(=O)OCc1nc(N)c2c3c(sc2n1)CCCCC3)S(=O)(=O)c1cccs1. The highest BCUT2D eigenvalue weighted by atomic mass is 32.2. The van der Waals surface area contributed by atoms with E-state index in [0.717, 1.165) is 29.5 Å². The minimum Gasteiger partial charge on any atom is -0.457 e. The number of rotatable bonds is 8. The van der Waals surface area contributed by atoms with E-state index in [9.17, 15) is 13.2 Å². The summed E-state index contributed by atoms with van der Waals surface area (Å²) in [5.41, 5.74) is 7.51. The second-order valence-electron chi connectivity index (χ2n) is 7.79. The lowest BCUT2D eigenvalue weighted by molar-refractivity contribution is -0.145. The van der Waals surface area contributed by atoms with Crippen LogP contribution in [0.25, 0.3) is 10.2 Å². The summed E-state index contributed by atoms with van der Waals surface area (Å²) in [6.07, 6.45) is 6.09. The van der Waals surface area contributed by atoms with Crippen molar-refractivity contribution in [1.29, 1.82) is 0 Å². The van der Waals surface area contributed by atoms with Crippen molar-refractivity contribution in [2.45, 2.75) is 55.8 Å². The van der Waals surface area contributed by atoms with Crippen molar-refractivity contribution >= 4 is 54.7 Å². The summed E-state index contributed by atoms with van der Waals surface area (Å²) >= 11 is 2.83. The van der Waals surface area contributed by atoms with Crippen molar-refractivity contribution in [3.8, 4) is 0 Å². The molecule has 0 spiro atoms.